The maximum absolute atomic E-state index is 11.7. The molecule has 0 saturated carbocycles. The first-order chi connectivity index (χ1) is 18.6. The molecule has 0 atom stereocenters. The summed E-state index contributed by atoms with van der Waals surface area (Å²) in [7, 11) is 0. The maximum Gasteiger partial charge on any atom is 0.218 e. The van der Waals surface area contributed by atoms with Crippen LogP contribution in [-0.2, 0) is 30.3 Å². The van der Waals surface area contributed by atoms with E-state index < -0.39 is 0 Å². The summed E-state index contributed by atoms with van der Waals surface area (Å²) in [5, 5.41) is 20.3. The monoisotopic (exact) mass is 719 g/mol. The Morgan fingerprint density at radius 2 is 1.52 bits per heavy atom. The fourth-order valence-corrected chi connectivity index (χ4v) is 4.55. The molecule has 2 aromatic carbocycles. The quantitative estimate of drug-likeness (QED) is 0.114. The first-order valence-electron chi connectivity index (χ1n) is 13.8. The van der Waals surface area contributed by atoms with E-state index in [1.807, 2.05) is 33.8 Å². The normalized spacial score (nSPS) is 11.9. The van der Waals surface area contributed by atoms with E-state index in [1.54, 1.807) is 12.4 Å². The number of benzene rings is 2. The number of fused-ring (bicyclic) bond motifs is 2. The van der Waals surface area contributed by atoms with E-state index in [0.717, 1.165) is 36.6 Å². The molecule has 2 aromatic heterocycles. The molecule has 215 valence electrons. The molecule has 0 fully saturated rings. The second kappa shape index (κ2) is 15.1. The molecule has 2 heterocycles. The minimum Gasteiger partial charge on any atom is -0.512 e. The van der Waals surface area contributed by atoms with E-state index in [0.29, 0.717) is 17.1 Å². The van der Waals surface area contributed by atoms with E-state index in [2.05, 4.69) is 76.3 Å². The first-order valence-corrected chi connectivity index (χ1v) is 13.8. The van der Waals surface area contributed by atoms with Crippen LogP contribution in [0.25, 0.3) is 33.5 Å². The van der Waals surface area contributed by atoms with Gasteiger partial charge >= 0.3 is 0 Å². The number of hydrogen-bond acceptors (Lipinski definition) is 7. The zero-order valence-corrected chi connectivity index (χ0v) is 26.9. The maximum atomic E-state index is 11.7. The predicted molar refractivity (Wildman–Crippen MR) is 157 cm³/mol. The van der Waals surface area contributed by atoms with Crippen molar-refractivity contribution >= 4 is 27.9 Å². The molecule has 0 saturated heterocycles. The molecule has 40 heavy (non-hydrogen) atoms. The van der Waals surface area contributed by atoms with Crippen molar-refractivity contribution in [3.63, 3.8) is 0 Å². The van der Waals surface area contributed by atoms with Crippen molar-refractivity contribution in [2.24, 2.45) is 11.8 Å². The summed E-state index contributed by atoms with van der Waals surface area (Å²) in [6.45, 7) is 14.7. The molecule has 0 aliphatic carbocycles. The molecule has 0 spiro atoms. The molecule has 0 unspecified atom stereocenters. The minimum absolute atomic E-state index is 0. The third kappa shape index (κ3) is 8.21. The zero-order chi connectivity index (χ0) is 28.6. The van der Waals surface area contributed by atoms with Crippen LogP contribution in [0.2, 0.25) is 0 Å². The number of hydrogen-bond donors (Lipinski definition) is 1. The Hall–Kier alpha value is -3.09. The number of aliphatic hydroxyl groups excluding tert-OH is 1. The summed E-state index contributed by atoms with van der Waals surface area (Å²) in [5.74, 6) is 1.06. The van der Waals surface area contributed by atoms with Gasteiger partial charge in [-0.1, -0.05) is 77.6 Å². The Morgan fingerprint density at radius 1 is 0.925 bits per heavy atom. The van der Waals surface area contributed by atoms with Crippen LogP contribution in [0.15, 0.2) is 54.6 Å². The number of carbonyl (C=O) groups is 1. The second-order valence-electron chi connectivity index (χ2n) is 10.7. The van der Waals surface area contributed by atoms with Gasteiger partial charge in [0, 0.05) is 50.4 Å². The van der Waals surface area contributed by atoms with Crippen LogP contribution in [0.1, 0.15) is 79.7 Å². The van der Waals surface area contributed by atoms with E-state index in [1.165, 1.54) is 17.0 Å². The molecule has 1 N–H and O–H groups in total. The Kier molecular flexibility index (Phi) is 12.5. The van der Waals surface area contributed by atoms with Crippen molar-refractivity contribution in [1.29, 1.82) is 0 Å². The second-order valence-corrected chi connectivity index (χ2v) is 10.7. The van der Waals surface area contributed by atoms with Gasteiger partial charge in [0.15, 0.2) is 11.4 Å². The predicted octanol–water partition coefficient (Wildman–Crippen LogP) is 7.60. The standard InChI is InChI=1S/C19H16N5.C13H24O2.Ir/c1-19(2,3)15-11-13(10-12-6-4-5-7-14(12)15)16-22-17-18(24-23-16)21-9-8-20-17;1-5-10(6-2)12(14)9-13(15)11(7-3)8-4;/h4-9,11H,1-3H3;9-11,14H,5-8H2,1-4H3;/q-1;;/b;12-9-;. The van der Waals surface area contributed by atoms with E-state index in [-0.39, 0.29) is 48.9 Å². The van der Waals surface area contributed by atoms with Gasteiger partial charge in [0.05, 0.1) is 5.76 Å². The Bertz CT molecular complexity index is 1440. The number of ketones is 1. The molecule has 0 aliphatic rings. The smallest absolute Gasteiger partial charge is 0.218 e. The fraction of sp³-hybridized carbons (Fsp3) is 0.438. The fourth-order valence-electron chi connectivity index (χ4n) is 4.55. The van der Waals surface area contributed by atoms with Crippen molar-refractivity contribution < 1.29 is 30.0 Å². The molecule has 4 rings (SSSR count). The number of aliphatic hydroxyl groups is 1. The van der Waals surface area contributed by atoms with Gasteiger partial charge in [-0.15, -0.1) is 34.2 Å². The van der Waals surface area contributed by atoms with Crippen molar-refractivity contribution in [2.45, 2.75) is 79.6 Å². The summed E-state index contributed by atoms with van der Waals surface area (Å²) in [6.07, 6.45) is 8.09. The van der Waals surface area contributed by atoms with Gasteiger partial charge < -0.3 is 5.11 Å². The van der Waals surface area contributed by atoms with Crippen LogP contribution in [-0.4, -0.2) is 36.0 Å². The molecule has 0 bridgehead atoms. The van der Waals surface area contributed by atoms with Crippen LogP contribution in [0.4, 0.5) is 0 Å². The molecular formula is C32H40IrN5O2-. The molecule has 7 nitrogen and oxygen atoms in total. The number of carbonyl (C=O) groups excluding carboxylic acids is 1. The van der Waals surface area contributed by atoms with Crippen molar-refractivity contribution in [3.8, 4) is 11.4 Å². The molecule has 8 heteroatoms. The topological polar surface area (TPSA) is 102 Å². The van der Waals surface area contributed by atoms with Gasteiger partial charge in [0.25, 0.3) is 0 Å². The molecule has 4 aromatic rings. The van der Waals surface area contributed by atoms with Crippen LogP contribution in [0, 0.1) is 17.9 Å². The third-order valence-corrected chi connectivity index (χ3v) is 7.02. The Balaban J connectivity index is 0.000000307. The van der Waals surface area contributed by atoms with Crippen molar-refractivity contribution in [2.75, 3.05) is 0 Å². The molecule has 0 aliphatic heterocycles. The molecule has 1 radical (unpaired) electrons. The largest absolute Gasteiger partial charge is 0.512 e. The van der Waals surface area contributed by atoms with Crippen LogP contribution >= 0.6 is 0 Å². The van der Waals surface area contributed by atoms with Gasteiger partial charge in [0.1, 0.15) is 5.82 Å². The average molecular weight is 719 g/mol. The summed E-state index contributed by atoms with van der Waals surface area (Å²) >= 11 is 0. The SMILES string of the molecule is CC(C)(C)c1cc(-c2nnc3nccnc3n2)[c-]c2ccccc12.CCC(CC)C(=O)/C=C(\O)C(CC)CC.[Ir]. The summed E-state index contributed by atoms with van der Waals surface area (Å²) < 4.78 is 0. The Morgan fingerprint density at radius 3 is 2.12 bits per heavy atom. The van der Waals surface area contributed by atoms with E-state index >= 15 is 0 Å². The van der Waals surface area contributed by atoms with Gasteiger partial charge in [-0.25, -0.2) is 15.0 Å². The van der Waals surface area contributed by atoms with Gasteiger partial charge in [-0.3, -0.25) is 4.79 Å². The van der Waals surface area contributed by atoms with Crippen LogP contribution in [0.3, 0.4) is 0 Å². The zero-order valence-electron chi connectivity index (χ0n) is 24.5. The van der Waals surface area contributed by atoms with Gasteiger partial charge in [0.2, 0.25) is 5.65 Å². The minimum atomic E-state index is -0.00641. The number of allylic oxidation sites excluding steroid dienone is 2. The van der Waals surface area contributed by atoms with Gasteiger partial charge in [-0.2, -0.15) is 5.10 Å². The summed E-state index contributed by atoms with van der Waals surface area (Å²) in [6, 6.07) is 13.8. The van der Waals surface area contributed by atoms with E-state index in [9.17, 15) is 9.90 Å². The number of nitrogens with zero attached hydrogens (tertiary/aromatic N) is 5. The average Bonchev–Trinajstić information content (AvgIpc) is 2.93. The van der Waals surface area contributed by atoms with Crippen LogP contribution < -0.4 is 0 Å². The molecule has 0 amide bonds. The Labute approximate surface area is 251 Å². The summed E-state index contributed by atoms with van der Waals surface area (Å²) in [4.78, 5) is 24.5. The summed E-state index contributed by atoms with van der Waals surface area (Å²) in [5.41, 5.74) is 2.97. The number of aromatic nitrogens is 5. The van der Waals surface area contributed by atoms with E-state index in [4.69, 9.17) is 0 Å². The van der Waals surface area contributed by atoms with Crippen molar-refractivity contribution in [3.05, 3.63) is 66.2 Å². The first kappa shape index (κ1) is 33.1. The van der Waals surface area contributed by atoms with Gasteiger partial charge in [-0.05, 0) is 31.1 Å². The van der Waals surface area contributed by atoms with Crippen LogP contribution in [0.5, 0.6) is 0 Å². The third-order valence-electron chi connectivity index (χ3n) is 7.02. The molecular weight excluding hydrogens is 679 g/mol. The number of rotatable bonds is 8. The van der Waals surface area contributed by atoms with Crippen molar-refractivity contribution in [1.82, 2.24) is 25.1 Å².